The van der Waals surface area contributed by atoms with Gasteiger partial charge in [0.1, 0.15) is 28.8 Å². The lowest BCUT2D eigenvalue weighted by molar-refractivity contribution is -0.126. The van der Waals surface area contributed by atoms with Crippen molar-refractivity contribution in [2.24, 2.45) is 0 Å². The van der Waals surface area contributed by atoms with Crippen molar-refractivity contribution < 1.29 is 13.6 Å². The highest BCUT2D eigenvalue weighted by Crippen LogP contribution is 2.44. The van der Waals surface area contributed by atoms with Crippen molar-refractivity contribution in [2.45, 2.75) is 6.42 Å². The van der Waals surface area contributed by atoms with Crippen LogP contribution in [0.5, 0.6) is 0 Å². The summed E-state index contributed by atoms with van der Waals surface area (Å²) in [6.07, 6.45) is 6.49. The van der Waals surface area contributed by atoms with Crippen LogP contribution >= 0.6 is 22.9 Å². The van der Waals surface area contributed by atoms with E-state index in [1.54, 1.807) is 17.0 Å². The number of aromatic nitrogens is 2. The van der Waals surface area contributed by atoms with Gasteiger partial charge in [-0.15, -0.1) is 0 Å². The summed E-state index contributed by atoms with van der Waals surface area (Å²) in [6, 6.07) is 6.60. The fraction of sp³-hybridized carbons (Fsp3) is 0.353. The van der Waals surface area contributed by atoms with Gasteiger partial charge >= 0.3 is 0 Å². The molecule has 2 aromatic carbocycles. The molecule has 11 nitrogen and oxygen atoms in total. The van der Waals surface area contributed by atoms with Crippen molar-refractivity contribution in [3.05, 3.63) is 64.5 Å². The molecule has 4 aromatic rings. The molecule has 0 aliphatic carbocycles. The summed E-state index contributed by atoms with van der Waals surface area (Å²) in [5.74, 6) is -1.08. The molecule has 2 fully saturated rings. The second-order valence-corrected chi connectivity index (χ2v) is 13.7. The third-order valence-corrected chi connectivity index (χ3v) is 10.5. The molecule has 0 atom stereocenters. The van der Waals surface area contributed by atoms with E-state index in [0.717, 1.165) is 56.2 Å². The van der Waals surface area contributed by atoms with Gasteiger partial charge in [-0.05, 0) is 24.6 Å². The molecular weight excluding hydrogens is 670 g/mol. The van der Waals surface area contributed by atoms with Gasteiger partial charge in [0.05, 0.1) is 27.5 Å². The number of hydrogen-bond donors (Lipinski definition) is 3. The summed E-state index contributed by atoms with van der Waals surface area (Å²) in [7, 11) is 1.99. The third-order valence-electron chi connectivity index (χ3n) is 9.30. The number of amides is 1. The second-order valence-electron chi connectivity index (χ2n) is 12.2. The van der Waals surface area contributed by atoms with Gasteiger partial charge < -0.3 is 36.0 Å². The first-order valence-corrected chi connectivity index (χ1v) is 17.3. The third kappa shape index (κ3) is 6.29. The molecule has 7 rings (SSSR count). The van der Waals surface area contributed by atoms with E-state index in [2.05, 4.69) is 37.6 Å². The van der Waals surface area contributed by atoms with Gasteiger partial charge in [-0.2, -0.15) is 5.26 Å². The van der Waals surface area contributed by atoms with E-state index in [1.807, 2.05) is 18.1 Å². The summed E-state index contributed by atoms with van der Waals surface area (Å²) < 4.78 is 31.8. The molecule has 49 heavy (non-hydrogen) atoms. The molecule has 2 aromatic heterocycles. The van der Waals surface area contributed by atoms with Gasteiger partial charge in [0.2, 0.25) is 5.91 Å². The Bertz CT molecular complexity index is 2050. The summed E-state index contributed by atoms with van der Waals surface area (Å²) in [4.78, 5) is 30.1. The lowest BCUT2D eigenvalue weighted by atomic mass is 9.98. The molecule has 3 aliphatic rings. The zero-order valence-electron chi connectivity index (χ0n) is 26.9. The predicted molar refractivity (Wildman–Crippen MR) is 191 cm³/mol. The van der Waals surface area contributed by atoms with Crippen molar-refractivity contribution >= 4 is 66.6 Å². The average Bonchev–Trinajstić information content (AvgIpc) is 3.72. The van der Waals surface area contributed by atoms with E-state index in [-0.39, 0.29) is 54.3 Å². The quantitative estimate of drug-likeness (QED) is 0.235. The van der Waals surface area contributed by atoms with E-state index in [9.17, 15) is 14.4 Å². The van der Waals surface area contributed by atoms with Gasteiger partial charge in [-0.25, -0.2) is 18.7 Å². The van der Waals surface area contributed by atoms with E-state index in [4.69, 9.17) is 22.3 Å². The molecule has 0 radical (unpaired) electrons. The molecule has 0 bridgehead atoms. The summed E-state index contributed by atoms with van der Waals surface area (Å²) in [6.45, 7) is 6.36. The smallest absolute Gasteiger partial charge is 0.248 e. The summed E-state index contributed by atoms with van der Waals surface area (Å²) in [5.41, 5.74) is 8.22. The number of anilines is 3. The number of thiazole rings is 1. The van der Waals surface area contributed by atoms with Crippen LogP contribution in [0.1, 0.15) is 12.0 Å². The van der Waals surface area contributed by atoms with Crippen LogP contribution in [0.2, 0.25) is 5.02 Å². The van der Waals surface area contributed by atoms with Crippen LogP contribution in [0.15, 0.2) is 42.2 Å². The van der Waals surface area contributed by atoms with Crippen LogP contribution in [-0.2, 0) is 4.79 Å². The Labute approximate surface area is 291 Å². The Morgan fingerprint density at radius 1 is 1.14 bits per heavy atom. The van der Waals surface area contributed by atoms with Gasteiger partial charge in [-0.1, -0.05) is 29.0 Å². The van der Waals surface area contributed by atoms with Crippen molar-refractivity contribution in [2.75, 3.05) is 88.4 Å². The summed E-state index contributed by atoms with van der Waals surface area (Å²) in [5, 5.41) is 17.7. The number of halogens is 3. The van der Waals surface area contributed by atoms with Crippen LogP contribution < -0.4 is 21.3 Å². The number of likely N-dealkylation sites (N-methyl/N-ethyl adjacent to an activating group) is 1. The Morgan fingerprint density at radius 3 is 2.63 bits per heavy atom. The highest BCUT2D eigenvalue weighted by molar-refractivity contribution is 7.22. The van der Waals surface area contributed by atoms with Crippen LogP contribution in [0.25, 0.3) is 32.2 Å². The van der Waals surface area contributed by atoms with Gasteiger partial charge in [0.15, 0.2) is 10.9 Å². The summed E-state index contributed by atoms with van der Waals surface area (Å²) >= 11 is 7.82. The van der Waals surface area contributed by atoms with Crippen LogP contribution in [0, 0.1) is 23.0 Å². The SMILES string of the molecule is CN1CCC=C1CNc1nc2c(F)c(-c3ccc(F)c4sc(N)nc34)c(Cl)cc2c(N2CCN(C(=O)C=CN3CCNCC3)CC2)c1C#N. The minimum atomic E-state index is -0.722. The standard InChI is InChI=1S/C34H35ClF2N10OS/c1-44-9-2-3-20(44)19-41-33-23(18-38)31(47-15-13-46(14-16-47)26(48)6-10-45-11-7-40-8-12-45)22-17-24(35)27(28(37)29(22)42-33)21-4-5-25(36)32-30(21)43-34(39)49-32/h3-6,10,17,40H,2,7-9,11-16,19H2,1H3,(H2,39,43)(H,41,42). The number of nitrogens with zero attached hydrogens (tertiary/aromatic N) is 7. The molecule has 1 amide bonds. The molecule has 2 saturated heterocycles. The fourth-order valence-corrected chi connectivity index (χ4v) is 7.74. The van der Waals surface area contributed by atoms with E-state index in [0.29, 0.717) is 43.8 Å². The fourth-order valence-electron chi connectivity index (χ4n) is 6.68. The minimum Gasteiger partial charge on any atom is -0.376 e. The number of nitrogens with two attached hydrogens (primary N) is 1. The number of piperazine rings is 2. The first-order chi connectivity index (χ1) is 23.7. The maximum Gasteiger partial charge on any atom is 0.248 e. The molecule has 0 unspecified atom stereocenters. The largest absolute Gasteiger partial charge is 0.376 e. The highest BCUT2D eigenvalue weighted by Gasteiger charge is 2.29. The lowest BCUT2D eigenvalue weighted by Gasteiger charge is -2.37. The number of nitriles is 1. The van der Waals surface area contributed by atoms with Crippen molar-refractivity contribution in [3.63, 3.8) is 0 Å². The number of nitrogen functional groups attached to an aromatic ring is 1. The zero-order chi connectivity index (χ0) is 34.2. The topological polar surface area (TPSA) is 130 Å². The van der Waals surface area contributed by atoms with E-state index >= 15 is 4.39 Å². The first kappa shape index (κ1) is 32.8. The Kier molecular flexibility index (Phi) is 9.15. The minimum absolute atomic E-state index is 0.00259. The second kappa shape index (κ2) is 13.7. The molecule has 4 N–H and O–H groups in total. The van der Waals surface area contributed by atoms with Crippen LogP contribution in [0.3, 0.4) is 0 Å². The lowest BCUT2D eigenvalue weighted by Crippen LogP contribution is -2.49. The molecule has 0 saturated carbocycles. The molecule has 254 valence electrons. The first-order valence-electron chi connectivity index (χ1n) is 16.1. The Hall–Kier alpha value is -4.71. The van der Waals surface area contributed by atoms with Crippen molar-refractivity contribution in [3.8, 4) is 17.2 Å². The maximum atomic E-state index is 16.9. The predicted octanol–water partition coefficient (Wildman–Crippen LogP) is 4.60. The number of fused-ring (bicyclic) bond motifs is 2. The van der Waals surface area contributed by atoms with E-state index < -0.39 is 11.6 Å². The maximum absolute atomic E-state index is 16.9. The Balaban J connectivity index is 1.28. The van der Waals surface area contributed by atoms with Crippen molar-refractivity contribution in [1.29, 1.82) is 5.26 Å². The number of pyridine rings is 1. The molecule has 5 heterocycles. The molecule has 15 heteroatoms. The monoisotopic (exact) mass is 704 g/mol. The van der Waals surface area contributed by atoms with Crippen LogP contribution in [0.4, 0.5) is 25.4 Å². The van der Waals surface area contributed by atoms with Gasteiger partial charge in [0.25, 0.3) is 0 Å². The number of carbonyl (C=O) groups excluding carboxylic acids is 1. The van der Waals surface area contributed by atoms with E-state index in [1.165, 1.54) is 12.1 Å². The number of hydrogen-bond acceptors (Lipinski definition) is 11. The number of rotatable bonds is 7. The Morgan fingerprint density at radius 2 is 1.92 bits per heavy atom. The van der Waals surface area contributed by atoms with Crippen LogP contribution in [-0.4, -0.2) is 103 Å². The number of benzene rings is 2. The molecule has 0 spiro atoms. The number of nitrogens with one attached hydrogen (secondary N) is 2. The highest BCUT2D eigenvalue weighted by atomic mass is 35.5. The molecule has 3 aliphatic heterocycles. The normalized spacial score (nSPS) is 17.0. The average molecular weight is 705 g/mol. The number of carbonyl (C=O) groups is 1. The van der Waals surface area contributed by atoms with Gasteiger partial charge in [-0.3, -0.25) is 4.79 Å². The van der Waals surface area contributed by atoms with Crippen molar-refractivity contribution in [1.82, 2.24) is 30.0 Å². The zero-order valence-corrected chi connectivity index (χ0v) is 28.5. The molecular formula is C34H35ClF2N10OS. The van der Waals surface area contributed by atoms with Gasteiger partial charge in [0, 0.05) is 100 Å².